The molecule has 1 atom stereocenters. The van der Waals surface area contributed by atoms with Crippen molar-refractivity contribution in [3.05, 3.63) is 42.0 Å². The molecule has 0 N–H and O–H groups in total. The summed E-state index contributed by atoms with van der Waals surface area (Å²) in [5, 5.41) is 2.54. The fourth-order valence-electron chi connectivity index (χ4n) is 3.15. The van der Waals surface area contributed by atoms with Gasteiger partial charge in [-0.15, -0.1) is 0 Å². The Morgan fingerprint density at radius 1 is 1.00 bits per heavy atom. The molecule has 2 heteroatoms. The minimum atomic E-state index is 0.290. The van der Waals surface area contributed by atoms with Gasteiger partial charge in [-0.3, -0.25) is 0 Å². The van der Waals surface area contributed by atoms with Crippen molar-refractivity contribution in [1.29, 1.82) is 0 Å². The number of hydrogen-bond donors (Lipinski definition) is 1. The van der Waals surface area contributed by atoms with E-state index in [1.165, 1.54) is 22.8 Å². The van der Waals surface area contributed by atoms with Gasteiger partial charge in [0.2, 0.25) is 0 Å². The number of ether oxygens (including phenoxy) is 1. The standard InChI is InChI=1S/C20H28OS.C2H6/c1-5-19(20(2,3)4)17-8-7-16-14-18(21-11-6-12-22)10-9-15(16)13-17;1-2/h7-10,13-14,19,22H,5-6,11-12H2,1-4H3;1-2H3. The lowest BCUT2D eigenvalue weighted by Gasteiger charge is -2.30. The van der Waals surface area contributed by atoms with Crippen molar-refractivity contribution in [3.63, 3.8) is 0 Å². The van der Waals surface area contributed by atoms with Gasteiger partial charge < -0.3 is 4.74 Å². The van der Waals surface area contributed by atoms with Gasteiger partial charge in [-0.2, -0.15) is 12.6 Å². The Labute approximate surface area is 154 Å². The van der Waals surface area contributed by atoms with Crippen LogP contribution in [0.4, 0.5) is 0 Å². The number of fused-ring (bicyclic) bond motifs is 1. The molecule has 0 aliphatic heterocycles. The zero-order chi connectivity index (χ0) is 18.2. The van der Waals surface area contributed by atoms with Gasteiger partial charge in [-0.05, 0) is 58.4 Å². The maximum atomic E-state index is 5.76. The average molecular weight is 347 g/mol. The molecule has 0 bridgehead atoms. The van der Waals surface area contributed by atoms with Crippen LogP contribution in [0.1, 0.15) is 65.9 Å². The van der Waals surface area contributed by atoms with Gasteiger partial charge in [0.15, 0.2) is 0 Å². The van der Waals surface area contributed by atoms with Crippen LogP contribution in [0.2, 0.25) is 0 Å². The second kappa shape index (κ2) is 9.98. The molecule has 1 nitrogen and oxygen atoms in total. The predicted octanol–water partition coefficient (Wildman–Crippen LogP) is 7.10. The number of thiol groups is 1. The largest absolute Gasteiger partial charge is 0.494 e. The van der Waals surface area contributed by atoms with Crippen molar-refractivity contribution in [1.82, 2.24) is 0 Å². The van der Waals surface area contributed by atoms with E-state index in [2.05, 4.69) is 76.7 Å². The fraction of sp³-hybridized carbons (Fsp3) is 0.545. The minimum absolute atomic E-state index is 0.290. The first-order valence-electron chi connectivity index (χ1n) is 9.23. The lowest BCUT2D eigenvalue weighted by molar-refractivity contribution is 0.312. The number of hydrogen-bond acceptors (Lipinski definition) is 2. The van der Waals surface area contributed by atoms with Crippen LogP contribution < -0.4 is 4.74 Å². The molecule has 0 saturated carbocycles. The highest BCUT2D eigenvalue weighted by Crippen LogP contribution is 2.38. The third-order valence-corrected chi connectivity index (χ3v) is 4.58. The highest BCUT2D eigenvalue weighted by molar-refractivity contribution is 7.80. The second-order valence-corrected chi connectivity index (χ2v) is 7.47. The van der Waals surface area contributed by atoms with Gasteiger partial charge in [0, 0.05) is 0 Å². The monoisotopic (exact) mass is 346 g/mol. The highest BCUT2D eigenvalue weighted by Gasteiger charge is 2.24. The highest BCUT2D eigenvalue weighted by atomic mass is 32.1. The van der Waals surface area contributed by atoms with Crippen LogP contribution in [0.3, 0.4) is 0 Å². The number of benzene rings is 2. The van der Waals surface area contributed by atoms with Crippen molar-refractivity contribution in [2.24, 2.45) is 5.41 Å². The maximum absolute atomic E-state index is 5.76. The predicted molar refractivity (Wildman–Crippen MR) is 112 cm³/mol. The van der Waals surface area contributed by atoms with Crippen molar-refractivity contribution >= 4 is 23.4 Å². The van der Waals surface area contributed by atoms with Crippen LogP contribution in [0.5, 0.6) is 5.75 Å². The van der Waals surface area contributed by atoms with Gasteiger partial charge in [0.1, 0.15) is 5.75 Å². The van der Waals surface area contributed by atoms with Crippen LogP contribution in [-0.2, 0) is 0 Å². The topological polar surface area (TPSA) is 9.23 Å². The molecule has 0 fully saturated rings. The van der Waals surface area contributed by atoms with Crippen LogP contribution in [0, 0.1) is 5.41 Å². The van der Waals surface area contributed by atoms with E-state index in [0.717, 1.165) is 24.5 Å². The van der Waals surface area contributed by atoms with Crippen LogP contribution >= 0.6 is 12.6 Å². The summed E-state index contributed by atoms with van der Waals surface area (Å²) >= 11 is 4.21. The summed E-state index contributed by atoms with van der Waals surface area (Å²) < 4.78 is 5.76. The maximum Gasteiger partial charge on any atom is 0.119 e. The summed E-state index contributed by atoms with van der Waals surface area (Å²) in [5.41, 5.74) is 1.73. The van der Waals surface area contributed by atoms with Crippen molar-refractivity contribution in [2.75, 3.05) is 12.4 Å². The smallest absolute Gasteiger partial charge is 0.119 e. The van der Waals surface area contributed by atoms with Crippen molar-refractivity contribution in [3.8, 4) is 5.75 Å². The summed E-state index contributed by atoms with van der Waals surface area (Å²) in [7, 11) is 0. The van der Waals surface area contributed by atoms with Gasteiger partial charge >= 0.3 is 0 Å². The molecule has 0 amide bonds. The van der Waals surface area contributed by atoms with Crippen molar-refractivity contribution < 1.29 is 4.74 Å². The Hall–Kier alpha value is -1.15. The van der Waals surface area contributed by atoms with E-state index >= 15 is 0 Å². The normalized spacial score (nSPS) is 12.5. The van der Waals surface area contributed by atoms with E-state index in [1.54, 1.807) is 0 Å². The Balaban J connectivity index is 0.00000139. The van der Waals surface area contributed by atoms with Gasteiger partial charge in [0.25, 0.3) is 0 Å². The molecule has 134 valence electrons. The molecule has 0 saturated heterocycles. The lowest BCUT2D eigenvalue weighted by atomic mass is 9.75. The summed E-state index contributed by atoms with van der Waals surface area (Å²) in [6, 6.07) is 13.2. The first-order valence-corrected chi connectivity index (χ1v) is 9.86. The second-order valence-electron chi connectivity index (χ2n) is 7.02. The summed E-state index contributed by atoms with van der Waals surface area (Å²) in [4.78, 5) is 0. The third-order valence-electron chi connectivity index (χ3n) is 4.26. The van der Waals surface area contributed by atoms with E-state index in [9.17, 15) is 0 Å². The molecule has 0 aliphatic carbocycles. The first-order chi connectivity index (χ1) is 11.5. The molecule has 0 heterocycles. The first kappa shape index (κ1) is 20.9. The van der Waals surface area contributed by atoms with Gasteiger partial charge in [-0.1, -0.05) is 65.8 Å². The molecule has 0 radical (unpaired) electrons. The van der Waals surface area contributed by atoms with E-state index in [0.29, 0.717) is 11.3 Å². The number of rotatable bonds is 6. The summed E-state index contributed by atoms with van der Waals surface area (Å²) in [6.07, 6.45) is 2.14. The Morgan fingerprint density at radius 3 is 2.21 bits per heavy atom. The van der Waals surface area contributed by atoms with Crippen LogP contribution in [-0.4, -0.2) is 12.4 Å². The molecular formula is C22H34OS. The summed E-state index contributed by atoms with van der Waals surface area (Å²) in [5.74, 6) is 2.40. The molecule has 24 heavy (non-hydrogen) atoms. The zero-order valence-corrected chi connectivity index (χ0v) is 17.1. The van der Waals surface area contributed by atoms with Crippen LogP contribution in [0.25, 0.3) is 10.8 Å². The SMILES string of the molecule is CC.CCC(c1ccc2cc(OCCCS)ccc2c1)C(C)(C)C. The quantitative estimate of drug-likeness (QED) is 0.433. The third kappa shape index (κ3) is 5.73. The Morgan fingerprint density at radius 2 is 1.62 bits per heavy atom. The Kier molecular flexibility index (Phi) is 8.69. The minimum Gasteiger partial charge on any atom is -0.494 e. The van der Waals surface area contributed by atoms with Gasteiger partial charge in [-0.25, -0.2) is 0 Å². The molecule has 0 aromatic heterocycles. The van der Waals surface area contributed by atoms with E-state index in [-0.39, 0.29) is 0 Å². The van der Waals surface area contributed by atoms with E-state index in [1.807, 2.05) is 13.8 Å². The molecule has 2 rings (SSSR count). The van der Waals surface area contributed by atoms with E-state index in [4.69, 9.17) is 4.74 Å². The van der Waals surface area contributed by atoms with Gasteiger partial charge in [0.05, 0.1) is 6.61 Å². The molecule has 1 unspecified atom stereocenters. The molecule has 0 spiro atoms. The average Bonchev–Trinajstić information content (AvgIpc) is 2.56. The zero-order valence-electron chi connectivity index (χ0n) is 16.2. The Bertz CT molecular complexity index is 613. The van der Waals surface area contributed by atoms with Crippen molar-refractivity contribution in [2.45, 2.75) is 60.3 Å². The molecule has 2 aromatic rings. The molecular weight excluding hydrogens is 312 g/mol. The lowest BCUT2D eigenvalue weighted by Crippen LogP contribution is -2.17. The molecule has 2 aromatic carbocycles. The summed E-state index contributed by atoms with van der Waals surface area (Å²) in [6.45, 7) is 14.0. The fourth-order valence-corrected chi connectivity index (χ4v) is 3.28. The molecule has 0 aliphatic rings. The van der Waals surface area contributed by atoms with E-state index < -0.39 is 0 Å². The van der Waals surface area contributed by atoms with Crippen LogP contribution in [0.15, 0.2) is 36.4 Å².